The summed E-state index contributed by atoms with van der Waals surface area (Å²) in [4.78, 5) is 28.5. The fourth-order valence-electron chi connectivity index (χ4n) is 3.54. The van der Waals surface area contributed by atoms with E-state index in [0.29, 0.717) is 0 Å². The van der Waals surface area contributed by atoms with Gasteiger partial charge in [0.15, 0.2) is 0 Å². The summed E-state index contributed by atoms with van der Waals surface area (Å²) in [5.74, 6) is 0.425. The Bertz CT molecular complexity index is 824. The van der Waals surface area contributed by atoms with Gasteiger partial charge < -0.3 is 15.1 Å². The van der Waals surface area contributed by atoms with E-state index in [-0.39, 0.29) is 18.4 Å². The van der Waals surface area contributed by atoms with Crippen LogP contribution in [0.2, 0.25) is 0 Å². The SMILES string of the molecule is CC(=O)N(CC(=O)Nc1ccccc1C)c1ccc(N2CCC(C)CC2)cc1. The van der Waals surface area contributed by atoms with Gasteiger partial charge in [-0.25, -0.2) is 0 Å². The maximum atomic E-state index is 12.5. The number of hydrogen-bond donors (Lipinski definition) is 1. The van der Waals surface area contributed by atoms with Crippen molar-refractivity contribution in [2.45, 2.75) is 33.6 Å². The molecule has 3 rings (SSSR count). The summed E-state index contributed by atoms with van der Waals surface area (Å²) in [6.07, 6.45) is 2.42. The number of rotatable bonds is 5. The van der Waals surface area contributed by atoms with Crippen LogP contribution in [0.15, 0.2) is 48.5 Å². The molecule has 5 heteroatoms. The van der Waals surface area contributed by atoms with E-state index in [1.54, 1.807) is 0 Å². The van der Waals surface area contributed by atoms with E-state index < -0.39 is 0 Å². The van der Waals surface area contributed by atoms with Crippen molar-refractivity contribution in [3.8, 4) is 0 Å². The molecule has 148 valence electrons. The summed E-state index contributed by atoms with van der Waals surface area (Å²) in [7, 11) is 0. The van der Waals surface area contributed by atoms with E-state index in [1.165, 1.54) is 30.4 Å². The van der Waals surface area contributed by atoms with Crippen molar-refractivity contribution in [1.29, 1.82) is 0 Å². The van der Waals surface area contributed by atoms with Gasteiger partial charge in [-0.2, -0.15) is 0 Å². The van der Waals surface area contributed by atoms with Gasteiger partial charge in [-0.15, -0.1) is 0 Å². The van der Waals surface area contributed by atoms with E-state index in [0.717, 1.165) is 35.9 Å². The van der Waals surface area contributed by atoms with Crippen molar-refractivity contribution in [1.82, 2.24) is 0 Å². The summed E-state index contributed by atoms with van der Waals surface area (Å²) < 4.78 is 0. The Morgan fingerprint density at radius 1 is 1.07 bits per heavy atom. The number of amides is 2. The van der Waals surface area contributed by atoms with Crippen molar-refractivity contribution in [3.63, 3.8) is 0 Å². The molecular weight excluding hydrogens is 350 g/mol. The first kappa shape index (κ1) is 19.9. The number of benzene rings is 2. The number of piperidine rings is 1. The summed E-state index contributed by atoms with van der Waals surface area (Å²) >= 11 is 0. The summed E-state index contributed by atoms with van der Waals surface area (Å²) in [5.41, 5.74) is 3.67. The van der Waals surface area contributed by atoms with E-state index in [4.69, 9.17) is 0 Å². The van der Waals surface area contributed by atoms with Gasteiger partial charge in [-0.1, -0.05) is 25.1 Å². The first-order valence-electron chi connectivity index (χ1n) is 9.92. The molecule has 0 saturated carbocycles. The molecule has 5 nitrogen and oxygen atoms in total. The minimum absolute atomic E-state index is 0.00968. The molecule has 0 radical (unpaired) electrons. The molecular formula is C23H29N3O2. The largest absolute Gasteiger partial charge is 0.372 e. The molecule has 2 aromatic rings. The molecule has 1 saturated heterocycles. The van der Waals surface area contributed by atoms with Crippen LogP contribution >= 0.6 is 0 Å². The highest BCUT2D eigenvalue weighted by Gasteiger charge is 2.19. The predicted octanol–water partition coefficient (Wildman–Crippen LogP) is 4.22. The third kappa shape index (κ3) is 4.91. The van der Waals surface area contributed by atoms with Gasteiger partial charge in [0.05, 0.1) is 0 Å². The van der Waals surface area contributed by atoms with E-state index >= 15 is 0 Å². The normalized spacial score (nSPS) is 14.6. The fraction of sp³-hybridized carbons (Fsp3) is 0.391. The molecule has 0 bridgehead atoms. The highest BCUT2D eigenvalue weighted by Crippen LogP contribution is 2.25. The number of nitrogens with one attached hydrogen (secondary N) is 1. The first-order valence-corrected chi connectivity index (χ1v) is 9.92. The van der Waals surface area contributed by atoms with Crippen molar-refractivity contribution in [2.24, 2.45) is 5.92 Å². The minimum atomic E-state index is -0.210. The zero-order chi connectivity index (χ0) is 20.1. The van der Waals surface area contributed by atoms with Crippen molar-refractivity contribution < 1.29 is 9.59 Å². The number of carbonyl (C=O) groups excluding carboxylic acids is 2. The van der Waals surface area contributed by atoms with Crippen LogP contribution in [0.3, 0.4) is 0 Å². The second kappa shape index (κ2) is 8.91. The lowest BCUT2D eigenvalue weighted by Gasteiger charge is -2.32. The number of carbonyl (C=O) groups is 2. The van der Waals surface area contributed by atoms with Crippen LogP contribution in [0.4, 0.5) is 17.1 Å². The van der Waals surface area contributed by atoms with Gasteiger partial charge >= 0.3 is 0 Å². The molecule has 28 heavy (non-hydrogen) atoms. The average molecular weight is 380 g/mol. The number of hydrogen-bond acceptors (Lipinski definition) is 3. The number of nitrogens with zero attached hydrogens (tertiary/aromatic N) is 2. The quantitative estimate of drug-likeness (QED) is 0.846. The first-order chi connectivity index (χ1) is 13.4. The van der Waals surface area contributed by atoms with Gasteiger partial charge in [0.2, 0.25) is 11.8 Å². The Balaban J connectivity index is 1.67. The smallest absolute Gasteiger partial charge is 0.244 e. The molecule has 1 aliphatic rings. The Morgan fingerprint density at radius 3 is 2.32 bits per heavy atom. The van der Waals surface area contributed by atoms with Crippen LogP contribution in [-0.4, -0.2) is 31.4 Å². The lowest BCUT2D eigenvalue weighted by atomic mass is 9.99. The van der Waals surface area contributed by atoms with Gasteiger partial charge in [-0.05, 0) is 61.6 Å². The number of anilines is 3. The topological polar surface area (TPSA) is 52.7 Å². The predicted molar refractivity (Wildman–Crippen MR) is 115 cm³/mol. The molecule has 0 spiro atoms. The Labute approximate surface area is 167 Å². The zero-order valence-electron chi connectivity index (χ0n) is 16.9. The van der Waals surface area contributed by atoms with Crippen LogP contribution in [0.25, 0.3) is 0 Å². The molecule has 0 aliphatic carbocycles. The van der Waals surface area contributed by atoms with Gasteiger partial charge in [0.1, 0.15) is 6.54 Å². The standard InChI is InChI=1S/C23H29N3O2/c1-17-12-14-25(15-13-17)20-8-10-21(11-9-20)26(19(3)27)16-23(28)24-22-7-5-4-6-18(22)2/h4-11,17H,12-16H2,1-3H3,(H,24,28). The third-order valence-corrected chi connectivity index (χ3v) is 5.41. The summed E-state index contributed by atoms with van der Waals surface area (Å²) in [5, 5.41) is 2.89. The highest BCUT2D eigenvalue weighted by atomic mass is 16.2. The van der Waals surface area contributed by atoms with Gasteiger partial charge in [-0.3, -0.25) is 9.59 Å². The second-order valence-corrected chi connectivity index (χ2v) is 7.65. The van der Waals surface area contributed by atoms with Crippen LogP contribution in [-0.2, 0) is 9.59 Å². The second-order valence-electron chi connectivity index (χ2n) is 7.65. The average Bonchev–Trinajstić information content (AvgIpc) is 2.68. The summed E-state index contributed by atoms with van der Waals surface area (Å²) in [6, 6.07) is 15.5. The van der Waals surface area contributed by atoms with Crippen LogP contribution in [0.5, 0.6) is 0 Å². The molecule has 1 fully saturated rings. The van der Waals surface area contributed by atoms with Crippen LogP contribution in [0, 0.1) is 12.8 Å². The van der Waals surface area contributed by atoms with E-state index in [1.807, 2.05) is 55.5 Å². The Hall–Kier alpha value is -2.82. The molecule has 0 unspecified atom stereocenters. The van der Waals surface area contributed by atoms with Crippen molar-refractivity contribution >= 4 is 28.9 Å². The Kier molecular flexibility index (Phi) is 6.34. The third-order valence-electron chi connectivity index (χ3n) is 5.41. The number of para-hydroxylation sites is 1. The molecule has 0 aromatic heterocycles. The van der Waals surface area contributed by atoms with Gasteiger partial charge in [0.25, 0.3) is 0 Å². The molecule has 2 amide bonds. The minimum Gasteiger partial charge on any atom is -0.372 e. The maximum absolute atomic E-state index is 12.5. The van der Waals surface area contributed by atoms with Crippen molar-refractivity contribution in [2.75, 3.05) is 34.8 Å². The Morgan fingerprint density at radius 2 is 1.71 bits per heavy atom. The molecule has 1 N–H and O–H groups in total. The number of aryl methyl sites for hydroxylation is 1. The van der Waals surface area contributed by atoms with Crippen molar-refractivity contribution in [3.05, 3.63) is 54.1 Å². The molecule has 1 heterocycles. The molecule has 0 atom stereocenters. The monoisotopic (exact) mass is 379 g/mol. The zero-order valence-corrected chi connectivity index (χ0v) is 16.9. The fourth-order valence-corrected chi connectivity index (χ4v) is 3.54. The van der Waals surface area contributed by atoms with Crippen LogP contribution < -0.4 is 15.1 Å². The maximum Gasteiger partial charge on any atom is 0.244 e. The van der Waals surface area contributed by atoms with E-state index in [9.17, 15) is 9.59 Å². The molecule has 1 aliphatic heterocycles. The lowest BCUT2D eigenvalue weighted by Crippen LogP contribution is -2.37. The van der Waals surface area contributed by atoms with E-state index in [2.05, 4.69) is 17.1 Å². The lowest BCUT2D eigenvalue weighted by molar-refractivity contribution is -0.120. The molecule has 2 aromatic carbocycles. The van der Waals surface area contributed by atoms with Crippen LogP contribution in [0.1, 0.15) is 32.3 Å². The van der Waals surface area contributed by atoms with Gasteiger partial charge in [0, 0.05) is 37.1 Å². The summed E-state index contributed by atoms with van der Waals surface area (Å²) in [6.45, 7) is 7.85. The highest BCUT2D eigenvalue weighted by molar-refractivity contribution is 6.02.